The van der Waals surface area contributed by atoms with E-state index in [0.29, 0.717) is 18.6 Å². The summed E-state index contributed by atoms with van der Waals surface area (Å²) in [5.74, 6) is -0.385. The van der Waals surface area contributed by atoms with Crippen molar-refractivity contribution >= 4 is 32.9 Å². The van der Waals surface area contributed by atoms with Crippen LogP contribution >= 0.6 is 11.3 Å². The van der Waals surface area contributed by atoms with Crippen LogP contribution in [0.5, 0.6) is 0 Å². The molecule has 7 nitrogen and oxygen atoms in total. The second-order valence-electron chi connectivity index (χ2n) is 9.33. The van der Waals surface area contributed by atoms with E-state index in [2.05, 4.69) is 44.0 Å². The summed E-state index contributed by atoms with van der Waals surface area (Å²) in [4.78, 5) is 29.0. The van der Waals surface area contributed by atoms with Crippen LogP contribution < -0.4 is 4.90 Å². The average Bonchev–Trinajstić information content (AvgIpc) is 3.24. The molecule has 0 spiro atoms. The number of ether oxygens (including phenoxy) is 1. The number of carbonyl (C=O) groups excluding carboxylic acids is 1. The molecule has 2 aliphatic rings. The van der Waals surface area contributed by atoms with Crippen molar-refractivity contribution < 1.29 is 13.9 Å². The van der Waals surface area contributed by atoms with Crippen LogP contribution in [0.15, 0.2) is 42.6 Å². The molecule has 2 fully saturated rings. The molecule has 2 saturated heterocycles. The number of likely N-dealkylation sites (tertiary alicyclic amines) is 1. The number of piperazine rings is 1. The SMILES string of the molecule is C[C@@H]1CN(c2nc3cc(F)cnc3s2)C[C@H](C)N1C(=O)OC1CCN(Cc2ccccc2)CC1. The molecule has 34 heavy (non-hydrogen) atoms. The van der Waals surface area contributed by atoms with E-state index >= 15 is 0 Å². The fraction of sp³-hybridized carbons (Fsp3) is 0.480. The van der Waals surface area contributed by atoms with Crippen LogP contribution in [0, 0.1) is 5.82 Å². The Morgan fingerprint density at radius 1 is 1.15 bits per heavy atom. The highest BCUT2D eigenvalue weighted by Crippen LogP contribution is 2.31. The Balaban J connectivity index is 1.15. The summed E-state index contributed by atoms with van der Waals surface area (Å²) >= 11 is 1.45. The minimum absolute atomic E-state index is 0.0221. The maximum atomic E-state index is 13.5. The molecule has 2 aliphatic heterocycles. The second-order valence-corrected chi connectivity index (χ2v) is 10.3. The van der Waals surface area contributed by atoms with Crippen molar-refractivity contribution in [1.29, 1.82) is 0 Å². The number of hydrogen-bond donors (Lipinski definition) is 0. The lowest BCUT2D eigenvalue weighted by Crippen LogP contribution is -2.59. The first-order chi connectivity index (χ1) is 16.5. The van der Waals surface area contributed by atoms with E-state index in [9.17, 15) is 9.18 Å². The van der Waals surface area contributed by atoms with E-state index < -0.39 is 0 Å². The Labute approximate surface area is 203 Å². The van der Waals surface area contributed by atoms with Gasteiger partial charge in [-0.2, -0.15) is 0 Å². The Bertz CT molecular complexity index is 1120. The largest absolute Gasteiger partial charge is 0.446 e. The van der Waals surface area contributed by atoms with Crippen molar-refractivity contribution in [1.82, 2.24) is 19.8 Å². The lowest BCUT2D eigenvalue weighted by molar-refractivity contribution is 0.0101. The van der Waals surface area contributed by atoms with Gasteiger partial charge in [-0.15, -0.1) is 0 Å². The molecule has 2 atom stereocenters. The van der Waals surface area contributed by atoms with Crippen molar-refractivity contribution in [2.24, 2.45) is 0 Å². The molecule has 3 aromatic rings. The maximum Gasteiger partial charge on any atom is 0.410 e. The van der Waals surface area contributed by atoms with Gasteiger partial charge < -0.3 is 9.64 Å². The third-order valence-electron chi connectivity index (χ3n) is 6.65. The Kier molecular flexibility index (Phi) is 6.65. The van der Waals surface area contributed by atoms with E-state index in [-0.39, 0.29) is 30.1 Å². The molecule has 2 aromatic heterocycles. The average molecular weight is 484 g/mol. The molecule has 0 bridgehead atoms. The smallest absolute Gasteiger partial charge is 0.410 e. The lowest BCUT2D eigenvalue weighted by atomic mass is 10.1. The van der Waals surface area contributed by atoms with Gasteiger partial charge in [0.25, 0.3) is 0 Å². The van der Waals surface area contributed by atoms with Gasteiger partial charge in [0.1, 0.15) is 22.3 Å². The third-order valence-corrected chi connectivity index (χ3v) is 7.69. The predicted octanol–water partition coefficient (Wildman–Crippen LogP) is 4.53. The van der Waals surface area contributed by atoms with E-state index in [4.69, 9.17) is 4.74 Å². The van der Waals surface area contributed by atoms with Crippen LogP contribution in [0.4, 0.5) is 14.3 Å². The number of piperidine rings is 1. The lowest BCUT2D eigenvalue weighted by Gasteiger charge is -2.44. The molecule has 4 heterocycles. The number of anilines is 1. The predicted molar refractivity (Wildman–Crippen MR) is 132 cm³/mol. The topological polar surface area (TPSA) is 61.8 Å². The summed E-state index contributed by atoms with van der Waals surface area (Å²) < 4.78 is 19.4. The number of hydrogen-bond acceptors (Lipinski definition) is 7. The Hall–Kier alpha value is -2.78. The molecular formula is C25H30FN5O2S. The van der Waals surface area contributed by atoms with Gasteiger partial charge in [0.15, 0.2) is 5.13 Å². The number of rotatable bonds is 4. The number of thiazole rings is 1. The Morgan fingerprint density at radius 2 is 1.85 bits per heavy atom. The zero-order valence-electron chi connectivity index (χ0n) is 19.6. The van der Waals surface area contributed by atoms with Crippen molar-refractivity contribution in [3.05, 3.63) is 54.0 Å². The van der Waals surface area contributed by atoms with Crippen molar-refractivity contribution in [3.8, 4) is 0 Å². The molecule has 0 aliphatic carbocycles. The first-order valence-corrected chi connectivity index (χ1v) is 12.7. The zero-order chi connectivity index (χ0) is 23.7. The highest BCUT2D eigenvalue weighted by molar-refractivity contribution is 7.21. The molecule has 1 aromatic carbocycles. The molecule has 9 heteroatoms. The monoisotopic (exact) mass is 483 g/mol. The van der Waals surface area contributed by atoms with Crippen LogP contribution in [0.2, 0.25) is 0 Å². The van der Waals surface area contributed by atoms with Crippen molar-refractivity contribution in [2.45, 2.75) is 51.4 Å². The van der Waals surface area contributed by atoms with Crippen molar-refractivity contribution in [2.75, 3.05) is 31.1 Å². The van der Waals surface area contributed by atoms with Gasteiger partial charge in [0, 0.05) is 38.8 Å². The number of fused-ring (bicyclic) bond motifs is 1. The molecule has 5 rings (SSSR count). The first-order valence-electron chi connectivity index (χ1n) is 11.9. The minimum Gasteiger partial charge on any atom is -0.446 e. The summed E-state index contributed by atoms with van der Waals surface area (Å²) in [5, 5.41) is 0.811. The van der Waals surface area contributed by atoms with Gasteiger partial charge in [0.05, 0.1) is 18.3 Å². The number of aromatic nitrogens is 2. The van der Waals surface area contributed by atoms with Gasteiger partial charge in [-0.1, -0.05) is 41.7 Å². The van der Waals surface area contributed by atoms with Gasteiger partial charge in [-0.3, -0.25) is 9.80 Å². The van der Waals surface area contributed by atoms with E-state index in [1.165, 1.54) is 29.2 Å². The highest BCUT2D eigenvalue weighted by Gasteiger charge is 2.36. The fourth-order valence-electron chi connectivity index (χ4n) is 4.99. The van der Waals surface area contributed by atoms with Crippen LogP contribution in [0.3, 0.4) is 0 Å². The number of halogens is 1. The number of nitrogens with zero attached hydrogens (tertiary/aromatic N) is 5. The van der Waals surface area contributed by atoms with Crippen LogP contribution in [-0.2, 0) is 11.3 Å². The van der Waals surface area contributed by atoms with E-state index in [1.54, 1.807) is 0 Å². The molecule has 180 valence electrons. The standard InChI is InChI=1S/C25H30FN5O2S/c1-17-14-30(24-28-22-12-20(26)13-27-23(22)34-24)15-18(2)31(17)25(32)33-21-8-10-29(11-9-21)16-19-6-4-3-5-7-19/h3-7,12-13,17-18,21H,8-11,14-16H2,1-2H3/t17-,18+. The maximum absolute atomic E-state index is 13.5. The number of benzene rings is 1. The fourth-order valence-corrected chi connectivity index (χ4v) is 5.90. The van der Waals surface area contributed by atoms with Gasteiger partial charge in [-0.05, 0) is 32.3 Å². The molecule has 0 saturated carbocycles. The van der Waals surface area contributed by atoms with Crippen molar-refractivity contribution in [3.63, 3.8) is 0 Å². The summed E-state index contributed by atoms with van der Waals surface area (Å²) in [6.07, 6.45) is 2.67. The molecule has 1 amide bonds. The molecule has 0 radical (unpaired) electrons. The zero-order valence-corrected chi connectivity index (χ0v) is 20.4. The summed E-state index contributed by atoms with van der Waals surface area (Å²) in [6.45, 7) is 8.17. The number of carbonyl (C=O) groups is 1. The third kappa shape index (κ3) is 5.00. The minimum atomic E-state index is -0.385. The van der Waals surface area contributed by atoms with E-state index in [0.717, 1.165) is 42.4 Å². The van der Waals surface area contributed by atoms with Crippen LogP contribution in [-0.4, -0.2) is 70.2 Å². The van der Waals surface area contributed by atoms with Gasteiger partial charge in [0.2, 0.25) is 0 Å². The number of amides is 1. The van der Waals surface area contributed by atoms with E-state index in [1.807, 2.05) is 24.8 Å². The van der Waals surface area contributed by atoms with Gasteiger partial charge in [-0.25, -0.2) is 19.2 Å². The highest BCUT2D eigenvalue weighted by atomic mass is 32.1. The quantitative estimate of drug-likeness (QED) is 0.543. The summed E-state index contributed by atoms with van der Waals surface area (Å²) in [6, 6.07) is 11.8. The van der Waals surface area contributed by atoms with Crippen LogP contribution in [0.25, 0.3) is 10.3 Å². The second kappa shape index (κ2) is 9.84. The summed E-state index contributed by atoms with van der Waals surface area (Å²) in [7, 11) is 0. The summed E-state index contributed by atoms with van der Waals surface area (Å²) in [5.41, 5.74) is 1.88. The molecular weight excluding hydrogens is 453 g/mol. The van der Waals surface area contributed by atoms with Crippen LogP contribution in [0.1, 0.15) is 32.3 Å². The first kappa shape index (κ1) is 23.0. The molecule has 0 unspecified atom stereocenters. The Morgan fingerprint density at radius 3 is 2.56 bits per heavy atom. The van der Waals surface area contributed by atoms with Gasteiger partial charge >= 0.3 is 6.09 Å². The molecule has 0 N–H and O–H groups in total. The normalized spacial score (nSPS) is 22.3. The number of pyridine rings is 1.